The second-order valence-corrected chi connectivity index (χ2v) is 8.25. The topological polar surface area (TPSA) is 6.48 Å². The summed E-state index contributed by atoms with van der Waals surface area (Å²) in [5.74, 6) is 1.03. The molecule has 1 spiro atoms. The van der Waals surface area contributed by atoms with Crippen molar-refractivity contribution in [3.8, 4) is 0 Å². The second kappa shape index (κ2) is 5.46. The van der Waals surface area contributed by atoms with Gasteiger partial charge in [-0.05, 0) is 62.2 Å². The van der Waals surface area contributed by atoms with Crippen LogP contribution in [0.5, 0.6) is 0 Å². The van der Waals surface area contributed by atoms with Crippen LogP contribution in [0, 0.1) is 5.92 Å². The smallest absolute Gasteiger partial charge is 0.0165 e. The highest BCUT2D eigenvalue weighted by Gasteiger charge is 2.39. The lowest BCUT2D eigenvalue weighted by Crippen LogP contribution is -2.45. The van der Waals surface area contributed by atoms with E-state index >= 15 is 0 Å². The van der Waals surface area contributed by atoms with Crippen LogP contribution in [0.3, 0.4) is 0 Å². The van der Waals surface area contributed by atoms with E-state index in [2.05, 4.69) is 46.2 Å². The molecule has 2 heterocycles. The minimum atomic E-state index is 0.347. The molecule has 2 atom stereocenters. The van der Waals surface area contributed by atoms with Gasteiger partial charge < -0.3 is 4.90 Å². The lowest BCUT2D eigenvalue weighted by atomic mass is 9.74. The number of nitrogens with zero attached hydrogens (tertiary/aromatic N) is 2. The maximum atomic E-state index is 2.78. The van der Waals surface area contributed by atoms with Gasteiger partial charge in [0, 0.05) is 31.1 Å². The Balaban J connectivity index is 1.18. The van der Waals surface area contributed by atoms with Gasteiger partial charge in [0.15, 0.2) is 0 Å². The molecule has 23 heavy (non-hydrogen) atoms. The zero-order chi connectivity index (χ0) is 15.3. The van der Waals surface area contributed by atoms with Crippen molar-refractivity contribution in [1.29, 1.82) is 0 Å². The summed E-state index contributed by atoms with van der Waals surface area (Å²) < 4.78 is 0. The maximum absolute atomic E-state index is 2.78. The normalized spacial score (nSPS) is 32.0. The molecule has 0 N–H and O–H groups in total. The van der Waals surface area contributed by atoms with E-state index in [1.807, 2.05) is 0 Å². The minimum Gasteiger partial charge on any atom is -0.302 e. The van der Waals surface area contributed by atoms with Crippen molar-refractivity contribution < 1.29 is 0 Å². The summed E-state index contributed by atoms with van der Waals surface area (Å²) in [6, 6.07) is 9.94. The van der Waals surface area contributed by atoms with E-state index in [0.29, 0.717) is 5.41 Å². The molecule has 1 aromatic rings. The first kappa shape index (κ1) is 14.2. The molecular formula is C21H28N2. The molecule has 0 amide bonds. The third-order valence-corrected chi connectivity index (χ3v) is 7.05. The van der Waals surface area contributed by atoms with Gasteiger partial charge in [-0.2, -0.15) is 0 Å². The predicted octanol–water partition coefficient (Wildman–Crippen LogP) is 3.53. The highest BCUT2D eigenvalue weighted by molar-refractivity contribution is 5.65. The highest BCUT2D eigenvalue weighted by Crippen LogP contribution is 2.43. The molecule has 2 saturated heterocycles. The Morgan fingerprint density at radius 2 is 1.91 bits per heavy atom. The molecule has 2 nitrogen and oxygen atoms in total. The average Bonchev–Trinajstić information content (AvgIpc) is 3.30. The highest BCUT2D eigenvalue weighted by atomic mass is 15.2. The molecule has 122 valence electrons. The number of rotatable bonds is 3. The van der Waals surface area contributed by atoms with E-state index in [-0.39, 0.29) is 0 Å². The summed E-state index contributed by atoms with van der Waals surface area (Å²) >= 11 is 0. The van der Waals surface area contributed by atoms with Crippen LogP contribution in [-0.4, -0.2) is 48.6 Å². The molecule has 4 aliphatic rings. The van der Waals surface area contributed by atoms with Crippen molar-refractivity contribution in [1.82, 2.24) is 9.80 Å². The molecule has 0 radical (unpaired) electrons. The van der Waals surface area contributed by atoms with Crippen molar-refractivity contribution in [3.63, 3.8) is 0 Å². The molecule has 0 unspecified atom stereocenters. The monoisotopic (exact) mass is 308 g/mol. The Kier molecular flexibility index (Phi) is 3.38. The van der Waals surface area contributed by atoms with E-state index in [9.17, 15) is 0 Å². The first-order chi connectivity index (χ1) is 11.3. The summed E-state index contributed by atoms with van der Waals surface area (Å²) in [6.07, 6.45) is 11.9. The third kappa shape index (κ3) is 2.38. The molecule has 2 bridgehead atoms. The summed E-state index contributed by atoms with van der Waals surface area (Å²) in [5.41, 5.74) is 3.38. The molecule has 2 heteroatoms. The van der Waals surface area contributed by atoms with E-state index < -0.39 is 0 Å². The molecule has 2 aliphatic carbocycles. The standard InChI is InChI=1S/C21H28N2/c1-2-4-20-18(3-1)7-8-21(20)9-11-22(12-10-21)13-14-23-16-17-5-6-19(23)15-17/h1-4,7-8,17,19H,5-6,9-16H2/t17-,19+/m0/s1. The van der Waals surface area contributed by atoms with Gasteiger partial charge in [-0.3, -0.25) is 4.90 Å². The number of benzene rings is 1. The van der Waals surface area contributed by atoms with Crippen molar-refractivity contribution >= 4 is 6.08 Å². The van der Waals surface area contributed by atoms with Crippen molar-refractivity contribution in [3.05, 3.63) is 41.5 Å². The Morgan fingerprint density at radius 1 is 1.04 bits per heavy atom. The maximum Gasteiger partial charge on any atom is 0.0165 e. The quantitative estimate of drug-likeness (QED) is 0.843. The van der Waals surface area contributed by atoms with E-state index in [1.54, 1.807) is 5.56 Å². The van der Waals surface area contributed by atoms with E-state index in [0.717, 1.165) is 12.0 Å². The first-order valence-electron chi connectivity index (χ1n) is 9.58. The molecular weight excluding hydrogens is 280 g/mol. The van der Waals surface area contributed by atoms with Gasteiger partial charge in [-0.15, -0.1) is 0 Å². The van der Waals surface area contributed by atoms with Crippen LogP contribution in [0.15, 0.2) is 30.3 Å². The van der Waals surface area contributed by atoms with Gasteiger partial charge >= 0.3 is 0 Å². The fourth-order valence-corrected chi connectivity index (χ4v) is 5.62. The third-order valence-electron chi connectivity index (χ3n) is 7.05. The van der Waals surface area contributed by atoms with Crippen LogP contribution >= 0.6 is 0 Å². The van der Waals surface area contributed by atoms with Gasteiger partial charge in [-0.25, -0.2) is 0 Å². The number of hydrogen-bond acceptors (Lipinski definition) is 2. The lowest BCUT2D eigenvalue weighted by molar-refractivity contribution is 0.140. The van der Waals surface area contributed by atoms with E-state index in [4.69, 9.17) is 0 Å². The number of allylic oxidation sites excluding steroid dienone is 1. The van der Waals surface area contributed by atoms with E-state index in [1.165, 1.54) is 70.4 Å². The van der Waals surface area contributed by atoms with Gasteiger partial charge in [0.1, 0.15) is 0 Å². The van der Waals surface area contributed by atoms with Gasteiger partial charge in [0.2, 0.25) is 0 Å². The predicted molar refractivity (Wildman–Crippen MR) is 95.5 cm³/mol. The van der Waals surface area contributed by atoms with Crippen LogP contribution in [0.4, 0.5) is 0 Å². The number of hydrogen-bond donors (Lipinski definition) is 0. The first-order valence-corrected chi connectivity index (χ1v) is 9.58. The lowest BCUT2D eigenvalue weighted by Gasteiger charge is -2.40. The molecule has 0 aromatic heterocycles. The number of piperidine rings is 2. The molecule has 3 fully saturated rings. The molecule has 1 saturated carbocycles. The molecule has 1 aromatic carbocycles. The number of likely N-dealkylation sites (tertiary alicyclic amines) is 2. The molecule has 2 aliphatic heterocycles. The Labute approximate surface area is 140 Å². The fraction of sp³-hybridized carbons (Fsp3) is 0.619. The van der Waals surface area contributed by atoms with Crippen LogP contribution < -0.4 is 0 Å². The Hall–Kier alpha value is -1.12. The zero-order valence-electron chi connectivity index (χ0n) is 14.1. The second-order valence-electron chi connectivity index (χ2n) is 8.25. The Bertz CT molecular complexity index is 612. The van der Waals surface area contributed by atoms with Gasteiger partial charge in [0.05, 0.1) is 0 Å². The summed E-state index contributed by atoms with van der Waals surface area (Å²) in [4.78, 5) is 5.50. The Morgan fingerprint density at radius 3 is 2.70 bits per heavy atom. The van der Waals surface area contributed by atoms with Crippen LogP contribution in [-0.2, 0) is 5.41 Å². The SMILES string of the molecule is C1=CC2(CCN(CCN3C[C@H]4CC[C@@H]3C4)CC2)c2ccccc21. The zero-order valence-corrected chi connectivity index (χ0v) is 14.1. The molecule has 5 rings (SSSR count). The van der Waals surface area contributed by atoms with Crippen LogP contribution in [0.1, 0.15) is 43.2 Å². The summed E-state index contributed by atoms with van der Waals surface area (Å²) in [5, 5.41) is 0. The largest absolute Gasteiger partial charge is 0.302 e. The fourth-order valence-electron chi connectivity index (χ4n) is 5.62. The summed E-state index contributed by atoms with van der Waals surface area (Å²) in [6.45, 7) is 6.50. The van der Waals surface area contributed by atoms with Gasteiger partial charge in [-0.1, -0.05) is 36.4 Å². The van der Waals surface area contributed by atoms with Crippen LogP contribution in [0.25, 0.3) is 6.08 Å². The number of fused-ring (bicyclic) bond motifs is 4. The van der Waals surface area contributed by atoms with Crippen molar-refractivity contribution in [2.24, 2.45) is 5.92 Å². The van der Waals surface area contributed by atoms with Crippen molar-refractivity contribution in [2.75, 3.05) is 32.7 Å². The van der Waals surface area contributed by atoms with Crippen LogP contribution in [0.2, 0.25) is 0 Å². The van der Waals surface area contributed by atoms with Crippen molar-refractivity contribution in [2.45, 2.75) is 43.6 Å². The average molecular weight is 308 g/mol. The van der Waals surface area contributed by atoms with Gasteiger partial charge in [0.25, 0.3) is 0 Å². The summed E-state index contributed by atoms with van der Waals surface area (Å²) in [7, 11) is 0. The minimum absolute atomic E-state index is 0.347.